The Balaban J connectivity index is 1.53. The number of likely N-dealkylation sites (tertiary alicyclic amines) is 1. The SMILES string of the molecule is Cn1cc(C(=O)N2CCC[C@H](Cc3ccccn3)C2)c2ccccc21. The Hall–Kier alpha value is -2.62. The number of amides is 1. The van der Waals surface area contributed by atoms with Crippen molar-refractivity contribution < 1.29 is 4.79 Å². The van der Waals surface area contributed by atoms with Gasteiger partial charge in [0.15, 0.2) is 0 Å². The van der Waals surface area contributed by atoms with Crippen molar-refractivity contribution in [2.24, 2.45) is 13.0 Å². The summed E-state index contributed by atoms with van der Waals surface area (Å²) in [5.74, 6) is 0.644. The zero-order valence-electron chi connectivity index (χ0n) is 14.6. The summed E-state index contributed by atoms with van der Waals surface area (Å²) in [5, 5.41) is 1.04. The average Bonchev–Trinajstić information content (AvgIpc) is 2.99. The minimum Gasteiger partial charge on any atom is -0.350 e. The number of aryl methyl sites for hydroxylation is 1. The minimum atomic E-state index is 0.155. The van der Waals surface area contributed by atoms with Crippen molar-refractivity contribution in [2.45, 2.75) is 19.3 Å². The molecule has 1 aliphatic heterocycles. The van der Waals surface area contributed by atoms with Gasteiger partial charge in [0.25, 0.3) is 5.91 Å². The Morgan fingerprint density at radius 2 is 2.04 bits per heavy atom. The highest BCUT2D eigenvalue weighted by Crippen LogP contribution is 2.25. The van der Waals surface area contributed by atoms with Crippen molar-refractivity contribution in [3.05, 3.63) is 66.1 Å². The Morgan fingerprint density at radius 1 is 1.20 bits per heavy atom. The predicted molar refractivity (Wildman–Crippen MR) is 99.5 cm³/mol. The van der Waals surface area contributed by atoms with Gasteiger partial charge in [-0.2, -0.15) is 0 Å². The molecule has 0 unspecified atom stereocenters. The van der Waals surface area contributed by atoms with Crippen LogP contribution < -0.4 is 0 Å². The van der Waals surface area contributed by atoms with Gasteiger partial charge in [-0.25, -0.2) is 0 Å². The summed E-state index contributed by atoms with van der Waals surface area (Å²) in [7, 11) is 2.00. The number of rotatable bonds is 3. The second kappa shape index (κ2) is 6.71. The highest BCUT2D eigenvalue weighted by atomic mass is 16.2. The molecule has 0 spiro atoms. The normalized spacial score (nSPS) is 17.8. The monoisotopic (exact) mass is 333 g/mol. The first-order chi connectivity index (χ1) is 12.2. The van der Waals surface area contributed by atoms with Gasteiger partial charge < -0.3 is 9.47 Å². The van der Waals surface area contributed by atoms with Crippen LogP contribution in [0.1, 0.15) is 28.9 Å². The number of hydrogen-bond donors (Lipinski definition) is 0. The molecule has 0 aliphatic carbocycles. The maximum atomic E-state index is 13.1. The van der Waals surface area contributed by atoms with Crippen LogP contribution in [0.2, 0.25) is 0 Å². The first-order valence-electron chi connectivity index (χ1n) is 8.95. The third-order valence-corrected chi connectivity index (χ3v) is 5.16. The fourth-order valence-electron chi connectivity index (χ4n) is 3.91. The van der Waals surface area contributed by atoms with E-state index >= 15 is 0 Å². The van der Waals surface area contributed by atoms with E-state index in [2.05, 4.69) is 17.1 Å². The Bertz CT molecular complexity index is 885. The molecule has 1 aliphatic rings. The van der Waals surface area contributed by atoms with E-state index in [9.17, 15) is 4.79 Å². The average molecular weight is 333 g/mol. The third kappa shape index (κ3) is 3.16. The molecule has 3 heterocycles. The lowest BCUT2D eigenvalue weighted by molar-refractivity contribution is 0.0674. The molecule has 2 aromatic heterocycles. The lowest BCUT2D eigenvalue weighted by Gasteiger charge is -2.32. The molecule has 1 amide bonds. The predicted octanol–water partition coefficient (Wildman–Crippen LogP) is 3.67. The number of hydrogen-bond acceptors (Lipinski definition) is 2. The molecule has 0 radical (unpaired) electrons. The van der Waals surface area contributed by atoms with Crippen LogP contribution in [0.4, 0.5) is 0 Å². The number of aromatic nitrogens is 2. The second-order valence-corrected chi connectivity index (χ2v) is 6.96. The molecule has 25 heavy (non-hydrogen) atoms. The molecule has 0 bridgehead atoms. The van der Waals surface area contributed by atoms with Crippen molar-refractivity contribution in [1.82, 2.24) is 14.5 Å². The van der Waals surface area contributed by atoms with Gasteiger partial charge >= 0.3 is 0 Å². The summed E-state index contributed by atoms with van der Waals surface area (Å²) in [6, 6.07) is 14.2. The van der Waals surface area contributed by atoms with Crippen LogP contribution in [0.5, 0.6) is 0 Å². The van der Waals surface area contributed by atoms with Crippen LogP contribution in [0.25, 0.3) is 10.9 Å². The summed E-state index contributed by atoms with van der Waals surface area (Å²) in [6.45, 7) is 1.67. The number of para-hydroxylation sites is 1. The lowest BCUT2D eigenvalue weighted by atomic mass is 9.92. The number of carbonyl (C=O) groups is 1. The number of fused-ring (bicyclic) bond motifs is 1. The number of piperidine rings is 1. The molecule has 1 fully saturated rings. The molecule has 4 heteroatoms. The van der Waals surface area contributed by atoms with Gasteiger partial charge in [-0.15, -0.1) is 0 Å². The minimum absolute atomic E-state index is 0.155. The van der Waals surface area contributed by atoms with E-state index in [-0.39, 0.29) is 5.91 Å². The lowest BCUT2D eigenvalue weighted by Crippen LogP contribution is -2.40. The number of benzene rings is 1. The fourth-order valence-corrected chi connectivity index (χ4v) is 3.91. The summed E-state index contributed by atoms with van der Waals surface area (Å²) in [5.41, 5.74) is 3.04. The number of nitrogens with zero attached hydrogens (tertiary/aromatic N) is 3. The first-order valence-corrected chi connectivity index (χ1v) is 8.95. The van der Waals surface area contributed by atoms with Crippen LogP contribution in [-0.2, 0) is 13.5 Å². The molecular formula is C21H23N3O. The van der Waals surface area contributed by atoms with E-state index in [4.69, 9.17) is 0 Å². The summed E-state index contributed by atoms with van der Waals surface area (Å²) < 4.78 is 2.04. The summed E-state index contributed by atoms with van der Waals surface area (Å²) in [4.78, 5) is 19.6. The maximum Gasteiger partial charge on any atom is 0.256 e. The van der Waals surface area contributed by atoms with Crippen molar-refractivity contribution in [2.75, 3.05) is 13.1 Å². The molecule has 128 valence electrons. The second-order valence-electron chi connectivity index (χ2n) is 6.96. The Kier molecular flexibility index (Phi) is 4.26. The van der Waals surface area contributed by atoms with E-state index in [0.717, 1.165) is 54.5 Å². The Morgan fingerprint density at radius 3 is 2.88 bits per heavy atom. The zero-order chi connectivity index (χ0) is 17.2. The topological polar surface area (TPSA) is 38.1 Å². The molecule has 1 saturated heterocycles. The molecule has 1 aromatic carbocycles. The van der Waals surface area contributed by atoms with Gasteiger partial charge in [-0.3, -0.25) is 9.78 Å². The molecular weight excluding hydrogens is 310 g/mol. The third-order valence-electron chi connectivity index (χ3n) is 5.16. The van der Waals surface area contributed by atoms with E-state index < -0.39 is 0 Å². The highest BCUT2D eigenvalue weighted by Gasteiger charge is 2.26. The van der Waals surface area contributed by atoms with Gasteiger partial charge in [0.2, 0.25) is 0 Å². The van der Waals surface area contributed by atoms with Crippen molar-refractivity contribution in [3.8, 4) is 0 Å². The summed E-state index contributed by atoms with van der Waals surface area (Å²) >= 11 is 0. The molecule has 4 rings (SSSR count). The largest absolute Gasteiger partial charge is 0.350 e. The molecule has 0 N–H and O–H groups in total. The van der Waals surface area contributed by atoms with E-state index in [1.165, 1.54) is 0 Å². The van der Waals surface area contributed by atoms with Gasteiger partial charge in [0.05, 0.1) is 5.56 Å². The van der Waals surface area contributed by atoms with Crippen molar-refractivity contribution in [1.29, 1.82) is 0 Å². The van der Waals surface area contributed by atoms with Crippen LogP contribution in [0, 0.1) is 5.92 Å². The maximum absolute atomic E-state index is 13.1. The molecule has 4 nitrogen and oxygen atoms in total. The summed E-state index contributed by atoms with van der Waals surface area (Å²) in [6.07, 6.45) is 6.98. The van der Waals surface area contributed by atoms with Gasteiger partial charge in [-0.05, 0) is 43.4 Å². The van der Waals surface area contributed by atoms with Gasteiger partial charge in [-0.1, -0.05) is 24.3 Å². The quantitative estimate of drug-likeness (QED) is 0.733. The van der Waals surface area contributed by atoms with Gasteiger partial charge in [0.1, 0.15) is 0 Å². The fraction of sp³-hybridized carbons (Fsp3) is 0.333. The number of pyridine rings is 1. The van der Waals surface area contributed by atoms with Crippen molar-refractivity contribution >= 4 is 16.8 Å². The Labute approximate surface area is 148 Å². The molecule has 0 saturated carbocycles. The van der Waals surface area contributed by atoms with E-state index in [1.807, 2.05) is 59.2 Å². The van der Waals surface area contributed by atoms with Crippen LogP contribution >= 0.6 is 0 Å². The van der Waals surface area contributed by atoms with Crippen LogP contribution in [0.3, 0.4) is 0 Å². The van der Waals surface area contributed by atoms with E-state index in [1.54, 1.807) is 0 Å². The smallest absolute Gasteiger partial charge is 0.256 e. The van der Waals surface area contributed by atoms with Crippen LogP contribution in [-0.4, -0.2) is 33.4 Å². The highest BCUT2D eigenvalue weighted by molar-refractivity contribution is 6.07. The van der Waals surface area contributed by atoms with Gasteiger partial charge in [0, 0.05) is 49.1 Å². The van der Waals surface area contributed by atoms with Crippen molar-refractivity contribution in [3.63, 3.8) is 0 Å². The number of carbonyl (C=O) groups excluding carboxylic acids is 1. The van der Waals surface area contributed by atoms with Crippen LogP contribution in [0.15, 0.2) is 54.9 Å². The van der Waals surface area contributed by atoms with E-state index in [0.29, 0.717) is 5.92 Å². The standard InChI is InChI=1S/C21H23N3O/c1-23-15-19(18-9-2-3-10-20(18)23)21(25)24-12-6-7-16(14-24)13-17-8-4-5-11-22-17/h2-5,8-11,15-16H,6-7,12-14H2,1H3/t16-/m1/s1. The first kappa shape index (κ1) is 15.9. The molecule has 3 aromatic rings. The molecule has 1 atom stereocenters. The zero-order valence-corrected chi connectivity index (χ0v) is 14.6.